The Morgan fingerprint density at radius 3 is 2.64 bits per heavy atom. The highest BCUT2D eigenvalue weighted by Gasteiger charge is 2.18. The van der Waals surface area contributed by atoms with Crippen LogP contribution in [0.1, 0.15) is 49.4 Å². The molecule has 0 radical (unpaired) electrons. The van der Waals surface area contributed by atoms with Crippen LogP contribution in [0.5, 0.6) is 5.75 Å². The fourth-order valence-corrected chi connectivity index (χ4v) is 2.56. The highest BCUT2D eigenvalue weighted by Crippen LogP contribution is 2.25. The van der Waals surface area contributed by atoms with Crippen molar-refractivity contribution >= 4 is 18.3 Å². The second kappa shape index (κ2) is 9.70. The number of rotatable bonds is 6. The number of benzene rings is 1. The number of hydrogen-bond donors (Lipinski definition) is 2. The van der Waals surface area contributed by atoms with Crippen LogP contribution >= 0.6 is 12.4 Å². The van der Waals surface area contributed by atoms with Gasteiger partial charge in [0.25, 0.3) is 5.91 Å². The highest BCUT2D eigenvalue weighted by molar-refractivity contribution is 5.96. The van der Waals surface area contributed by atoms with Crippen molar-refractivity contribution in [1.29, 1.82) is 0 Å². The summed E-state index contributed by atoms with van der Waals surface area (Å²) in [6, 6.07) is 7.78. The molecule has 0 saturated heterocycles. The molecule has 1 fully saturated rings. The molecular formula is C17H27ClN2O2. The summed E-state index contributed by atoms with van der Waals surface area (Å²) in [5, 5.41) is 6.05. The standard InChI is InChI=1S/C17H26N2O2.ClH/c1-13(18-2)12-19-17(20)15-10-6-7-11-16(15)21-14-8-4-3-5-9-14;/h6-7,10-11,13-14,18H,3-5,8-9,12H2,1-2H3,(H,19,20);1H. The lowest BCUT2D eigenvalue weighted by molar-refractivity contribution is 0.0938. The van der Waals surface area contributed by atoms with Gasteiger partial charge in [-0.3, -0.25) is 4.79 Å². The largest absolute Gasteiger partial charge is 0.490 e. The predicted octanol–water partition coefficient (Wildman–Crippen LogP) is 3.16. The Morgan fingerprint density at radius 2 is 1.95 bits per heavy atom. The van der Waals surface area contributed by atoms with E-state index >= 15 is 0 Å². The van der Waals surface area contributed by atoms with Crippen molar-refractivity contribution in [2.75, 3.05) is 13.6 Å². The van der Waals surface area contributed by atoms with Gasteiger partial charge in [-0.05, 0) is 51.8 Å². The molecular weight excluding hydrogens is 300 g/mol. The van der Waals surface area contributed by atoms with E-state index in [9.17, 15) is 4.79 Å². The van der Waals surface area contributed by atoms with E-state index in [-0.39, 0.29) is 30.5 Å². The molecule has 124 valence electrons. The van der Waals surface area contributed by atoms with E-state index in [0.717, 1.165) is 12.8 Å². The first-order chi connectivity index (χ1) is 10.2. The van der Waals surface area contributed by atoms with Gasteiger partial charge in [0.15, 0.2) is 0 Å². The number of amides is 1. The molecule has 0 heterocycles. The molecule has 22 heavy (non-hydrogen) atoms. The fraction of sp³-hybridized carbons (Fsp3) is 0.588. The third-order valence-electron chi connectivity index (χ3n) is 4.04. The van der Waals surface area contributed by atoms with E-state index in [4.69, 9.17) is 4.74 Å². The molecule has 1 aliphatic carbocycles. The molecule has 2 rings (SSSR count). The summed E-state index contributed by atoms with van der Waals surface area (Å²) in [6.07, 6.45) is 6.17. The minimum atomic E-state index is -0.0662. The smallest absolute Gasteiger partial charge is 0.255 e. The van der Waals surface area contributed by atoms with Crippen LogP contribution in [0, 0.1) is 0 Å². The zero-order valence-corrected chi connectivity index (χ0v) is 14.2. The number of carbonyl (C=O) groups excluding carboxylic acids is 1. The zero-order valence-electron chi connectivity index (χ0n) is 13.4. The lowest BCUT2D eigenvalue weighted by Gasteiger charge is -2.24. The van der Waals surface area contributed by atoms with E-state index in [1.54, 1.807) is 0 Å². The summed E-state index contributed by atoms with van der Waals surface area (Å²) < 4.78 is 6.06. The van der Waals surface area contributed by atoms with E-state index < -0.39 is 0 Å². The van der Waals surface area contributed by atoms with Gasteiger partial charge >= 0.3 is 0 Å². The van der Waals surface area contributed by atoms with Gasteiger partial charge in [0.2, 0.25) is 0 Å². The Balaban J connectivity index is 0.00000242. The number of likely N-dealkylation sites (N-methyl/N-ethyl adjacent to an activating group) is 1. The van der Waals surface area contributed by atoms with Crippen molar-refractivity contribution in [3.63, 3.8) is 0 Å². The Morgan fingerprint density at radius 1 is 1.27 bits per heavy atom. The molecule has 2 N–H and O–H groups in total. The summed E-state index contributed by atoms with van der Waals surface area (Å²) in [5.74, 6) is 0.641. The summed E-state index contributed by atoms with van der Waals surface area (Å²) in [6.45, 7) is 2.64. The summed E-state index contributed by atoms with van der Waals surface area (Å²) in [4.78, 5) is 12.3. The zero-order chi connectivity index (χ0) is 15.1. The predicted molar refractivity (Wildman–Crippen MR) is 92.0 cm³/mol. The number of hydrogen-bond acceptors (Lipinski definition) is 3. The molecule has 1 aromatic rings. The molecule has 1 saturated carbocycles. The quantitative estimate of drug-likeness (QED) is 0.844. The minimum Gasteiger partial charge on any atom is -0.490 e. The van der Waals surface area contributed by atoms with Crippen LogP contribution in [0.3, 0.4) is 0 Å². The first-order valence-electron chi connectivity index (χ1n) is 7.92. The number of halogens is 1. The number of para-hydroxylation sites is 1. The fourth-order valence-electron chi connectivity index (χ4n) is 2.56. The second-order valence-electron chi connectivity index (χ2n) is 5.77. The van der Waals surface area contributed by atoms with Crippen molar-refractivity contribution in [3.8, 4) is 5.75 Å². The lowest BCUT2D eigenvalue weighted by atomic mass is 9.97. The Hall–Kier alpha value is -1.26. The average Bonchev–Trinajstić information content (AvgIpc) is 2.53. The van der Waals surface area contributed by atoms with Crippen LogP contribution < -0.4 is 15.4 Å². The molecule has 0 aliphatic heterocycles. The van der Waals surface area contributed by atoms with Crippen molar-refractivity contribution < 1.29 is 9.53 Å². The monoisotopic (exact) mass is 326 g/mol. The number of ether oxygens (including phenoxy) is 1. The van der Waals surface area contributed by atoms with Crippen molar-refractivity contribution in [2.24, 2.45) is 0 Å². The molecule has 1 unspecified atom stereocenters. The molecule has 4 nitrogen and oxygen atoms in total. The van der Waals surface area contributed by atoms with Gasteiger partial charge in [-0.2, -0.15) is 0 Å². The summed E-state index contributed by atoms with van der Waals surface area (Å²) in [7, 11) is 1.89. The average molecular weight is 327 g/mol. The molecule has 1 aromatic carbocycles. The Bertz CT molecular complexity index is 462. The third kappa shape index (κ3) is 5.50. The van der Waals surface area contributed by atoms with Gasteiger partial charge in [0, 0.05) is 12.6 Å². The van der Waals surface area contributed by atoms with Gasteiger partial charge in [-0.1, -0.05) is 18.6 Å². The summed E-state index contributed by atoms with van der Waals surface area (Å²) >= 11 is 0. The highest BCUT2D eigenvalue weighted by atomic mass is 35.5. The third-order valence-corrected chi connectivity index (χ3v) is 4.04. The van der Waals surface area contributed by atoms with Gasteiger partial charge < -0.3 is 15.4 Å². The van der Waals surface area contributed by atoms with Crippen molar-refractivity contribution in [3.05, 3.63) is 29.8 Å². The molecule has 1 amide bonds. The van der Waals surface area contributed by atoms with Gasteiger partial charge in [0.05, 0.1) is 11.7 Å². The van der Waals surface area contributed by atoms with Gasteiger partial charge in [-0.15, -0.1) is 12.4 Å². The van der Waals surface area contributed by atoms with E-state index in [2.05, 4.69) is 10.6 Å². The Kier molecular flexibility index (Phi) is 8.28. The van der Waals surface area contributed by atoms with Crippen LogP contribution in [0.25, 0.3) is 0 Å². The lowest BCUT2D eigenvalue weighted by Crippen LogP contribution is -2.37. The van der Waals surface area contributed by atoms with E-state index in [0.29, 0.717) is 17.9 Å². The molecule has 1 atom stereocenters. The first kappa shape index (κ1) is 18.8. The number of nitrogens with one attached hydrogen (secondary N) is 2. The number of carbonyl (C=O) groups is 1. The maximum absolute atomic E-state index is 12.3. The summed E-state index contributed by atoms with van der Waals surface area (Å²) in [5.41, 5.74) is 0.631. The topological polar surface area (TPSA) is 50.4 Å². The van der Waals surface area contributed by atoms with Crippen molar-refractivity contribution in [2.45, 2.75) is 51.2 Å². The Labute approximate surface area is 139 Å². The van der Waals surface area contributed by atoms with E-state index in [1.807, 2.05) is 38.2 Å². The molecule has 0 bridgehead atoms. The van der Waals surface area contributed by atoms with Gasteiger partial charge in [0.1, 0.15) is 5.75 Å². The minimum absolute atomic E-state index is 0. The molecule has 5 heteroatoms. The molecule has 1 aliphatic rings. The van der Waals surface area contributed by atoms with Crippen LogP contribution in [0.4, 0.5) is 0 Å². The first-order valence-corrected chi connectivity index (χ1v) is 7.92. The van der Waals surface area contributed by atoms with Crippen LogP contribution in [0.2, 0.25) is 0 Å². The maximum atomic E-state index is 12.3. The molecule has 0 spiro atoms. The van der Waals surface area contributed by atoms with Crippen LogP contribution in [-0.2, 0) is 0 Å². The SMILES string of the molecule is CNC(C)CNC(=O)c1ccccc1OC1CCCCC1.Cl. The maximum Gasteiger partial charge on any atom is 0.255 e. The van der Waals surface area contributed by atoms with Gasteiger partial charge in [-0.25, -0.2) is 0 Å². The van der Waals surface area contributed by atoms with Crippen molar-refractivity contribution in [1.82, 2.24) is 10.6 Å². The van der Waals surface area contributed by atoms with Crippen LogP contribution in [-0.4, -0.2) is 31.6 Å². The normalized spacial score (nSPS) is 16.5. The van der Waals surface area contributed by atoms with E-state index in [1.165, 1.54) is 19.3 Å². The second-order valence-corrected chi connectivity index (χ2v) is 5.77. The van der Waals surface area contributed by atoms with Crippen LogP contribution in [0.15, 0.2) is 24.3 Å². The molecule has 0 aromatic heterocycles.